The number of carbonyl (C=O) groups is 2. The molecule has 8 heteroatoms. The SMILES string of the molecule is CC(C)=CCC[C@@]1(C)Oc2ccc(OCC(=O)O)cc2[C@H]2O[C@H]3CCN(C(=O)OC(C)(C)C)C[C@@H]3C[C@@H]21. The highest BCUT2D eigenvalue weighted by atomic mass is 16.6. The van der Waals surface area contributed by atoms with Gasteiger partial charge in [0.15, 0.2) is 6.61 Å². The standard InChI is InChI=1S/C29H41NO7/c1-18(2)8-7-12-29(6)22-14-19-16-30(27(33)37-28(3,4)5)13-11-23(19)35-26(22)21-15-20(34-17-25(31)32)9-10-24(21)36-29/h8-10,15,19,22-23,26H,7,11-14,16-17H2,1-6H3,(H,31,32)/t19-,22-,23-,26+,29+/m0/s1. The summed E-state index contributed by atoms with van der Waals surface area (Å²) in [6, 6.07) is 5.48. The number of likely N-dealkylation sites (tertiary alicyclic amines) is 1. The molecule has 4 rings (SSSR count). The largest absolute Gasteiger partial charge is 0.487 e. The van der Waals surface area contributed by atoms with Crippen molar-refractivity contribution < 1.29 is 33.6 Å². The van der Waals surface area contributed by atoms with Crippen molar-refractivity contribution in [3.63, 3.8) is 0 Å². The van der Waals surface area contributed by atoms with Gasteiger partial charge in [0.2, 0.25) is 0 Å². The summed E-state index contributed by atoms with van der Waals surface area (Å²) in [5.74, 6) is 0.476. The van der Waals surface area contributed by atoms with Gasteiger partial charge < -0.3 is 29.0 Å². The van der Waals surface area contributed by atoms with Crippen LogP contribution in [0.25, 0.3) is 0 Å². The molecule has 0 spiro atoms. The van der Waals surface area contributed by atoms with Crippen LogP contribution in [0.5, 0.6) is 11.5 Å². The molecule has 0 aliphatic carbocycles. The van der Waals surface area contributed by atoms with Gasteiger partial charge in [-0.1, -0.05) is 11.6 Å². The molecule has 8 nitrogen and oxygen atoms in total. The van der Waals surface area contributed by atoms with E-state index in [4.69, 9.17) is 24.1 Å². The molecule has 3 aliphatic rings. The molecular weight excluding hydrogens is 474 g/mol. The Labute approximate surface area is 219 Å². The topological polar surface area (TPSA) is 94.5 Å². The normalized spacial score (nSPS) is 28.6. The second kappa shape index (κ2) is 10.6. The van der Waals surface area contributed by atoms with Crippen LogP contribution in [0.1, 0.15) is 78.9 Å². The number of piperidine rings is 1. The van der Waals surface area contributed by atoms with Gasteiger partial charge in [0, 0.05) is 30.5 Å². The number of amides is 1. The van der Waals surface area contributed by atoms with E-state index >= 15 is 0 Å². The molecule has 0 radical (unpaired) electrons. The molecule has 3 aliphatic heterocycles. The van der Waals surface area contributed by atoms with Crippen molar-refractivity contribution in [2.75, 3.05) is 19.7 Å². The van der Waals surface area contributed by atoms with E-state index in [0.29, 0.717) is 18.8 Å². The Morgan fingerprint density at radius 1 is 1.27 bits per heavy atom. The minimum Gasteiger partial charge on any atom is -0.487 e. The maximum atomic E-state index is 12.8. The Kier molecular flexibility index (Phi) is 7.79. The van der Waals surface area contributed by atoms with Crippen LogP contribution in [0.2, 0.25) is 0 Å². The zero-order chi connectivity index (χ0) is 27.0. The summed E-state index contributed by atoms with van der Waals surface area (Å²) in [5, 5.41) is 9.03. The number of carboxylic acids is 1. The van der Waals surface area contributed by atoms with Gasteiger partial charge >= 0.3 is 12.1 Å². The van der Waals surface area contributed by atoms with Crippen LogP contribution < -0.4 is 9.47 Å². The number of rotatable bonds is 6. The molecule has 1 aromatic rings. The fraction of sp³-hybridized carbons (Fsp3) is 0.655. The quantitative estimate of drug-likeness (QED) is 0.482. The van der Waals surface area contributed by atoms with Crippen molar-refractivity contribution in [3.8, 4) is 11.5 Å². The number of ether oxygens (including phenoxy) is 4. The third-order valence-corrected chi connectivity index (χ3v) is 7.53. The van der Waals surface area contributed by atoms with Crippen molar-refractivity contribution in [1.29, 1.82) is 0 Å². The minimum absolute atomic E-state index is 0.0245. The van der Waals surface area contributed by atoms with Crippen molar-refractivity contribution in [1.82, 2.24) is 4.90 Å². The molecule has 1 N–H and O–H groups in total. The number of carbonyl (C=O) groups excluding carboxylic acids is 1. The summed E-state index contributed by atoms with van der Waals surface area (Å²) >= 11 is 0. The predicted molar refractivity (Wildman–Crippen MR) is 139 cm³/mol. The van der Waals surface area contributed by atoms with Gasteiger partial charge in [0.05, 0.1) is 12.2 Å². The van der Waals surface area contributed by atoms with E-state index in [1.165, 1.54) is 5.57 Å². The fourth-order valence-corrected chi connectivity index (χ4v) is 5.79. The van der Waals surface area contributed by atoms with E-state index < -0.39 is 23.8 Å². The van der Waals surface area contributed by atoms with Crippen LogP contribution in [-0.2, 0) is 14.3 Å². The van der Waals surface area contributed by atoms with Gasteiger partial charge in [-0.05, 0) is 85.4 Å². The molecule has 37 heavy (non-hydrogen) atoms. The van der Waals surface area contributed by atoms with Gasteiger partial charge in [-0.2, -0.15) is 0 Å². The summed E-state index contributed by atoms with van der Waals surface area (Å²) in [7, 11) is 0. The van der Waals surface area contributed by atoms with E-state index in [1.54, 1.807) is 6.07 Å². The molecule has 3 heterocycles. The summed E-state index contributed by atoms with van der Waals surface area (Å²) < 4.78 is 24.6. The highest BCUT2D eigenvalue weighted by Gasteiger charge is 2.53. The van der Waals surface area contributed by atoms with Crippen molar-refractivity contribution in [2.24, 2.45) is 11.8 Å². The number of hydrogen-bond acceptors (Lipinski definition) is 6. The molecule has 0 unspecified atom stereocenters. The van der Waals surface area contributed by atoms with Crippen LogP contribution >= 0.6 is 0 Å². The summed E-state index contributed by atoms with van der Waals surface area (Å²) in [6.07, 6.45) is 5.14. The number of benzene rings is 1. The third-order valence-electron chi connectivity index (χ3n) is 7.53. The molecule has 2 saturated heterocycles. The average Bonchev–Trinajstić information content (AvgIpc) is 2.80. The fourth-order valence-electron chi connectivity index (χ4n) is 5.79. The lowest BCUT2D eigenvalue weighted by molar-refractivity contribution is -0.191. The first kappa shape index (κ1) is 27.3. The second-order valence-corrected chi connectivity index (χ2v) is 12.0. The summed E-state index contributed by atoms with van der Waals surface area (Å²) in [4.78, 5) is 25.6. The Hall–Kier alpha value is -2.74. The maximum absolute atomic E-state index is 12.8. The second-order valence-electron chi connectivity index (χ2n) is 12.0. The zero-order valence-electron chi connectivity index (χ0n) is 22.9. The average molecular weight is 516 g/mol. The molecule has 2 fully saturated rings. The summed E-state index contributed by atoms with van der Waals surface area (Å²) in [5.41, 5.74) is 1.19. The molecule has 0 saturated carbocycles. The molecule has 0 bridgehead atoms. The van der Waals surface area contributed by atoms with E-state index in [2.05, 4.69) is 26.8 Å². The van der Waals surface area contributed by atoms with Crippen molar-refractivity contribution in [3.05, 3.63) is 35.4 Å². The Morgan fingerprint density at radius 3 is 2.70 bits per heavy atom. The van der Waals surface area contributed by atoms with Gasteiger partial charge in [-0.15, -0.1) is 0 Å². The number of fused-ring (bicyclic) bond motifs is 4. The Balaban J connectivity index is 1.60. The highest BCUT2D eigenvalue weighted by molar-refractivity contribution is 5.68. The van der Waals surface area contributed by atoms with Crippen LogP contribution in [0.3, 0.4) is 0 Å². The number of nitrogens with zero attached hydrogens (tertiary/aromatic N) is 1. The molecule has 1 aromatic carbocycles. The monoisotopic (exact) mass is 515 g/mol. The van der Waals surface area contributed by atoms with E-state index in [0.717, 1.165) is 37.0 Å². The van der Waals surface area contributed by atoms with Gasteiger partial charge in [-0.25, -0.2) is 9.59 Å². The van der Waals surface area contributed by atoms with Gasteiger partial charge in [0.25, 0.3) is 0 Å². The number of carboxylic acid groups (broad SMARTS) is 1. The Morgan fingerprint density at radius 2 is 2.03 bits per heavy atom. The van der Waals surface area contributed by atoms with Crippen LogP contribution in [-0.4, -0.2) is 59.1 Å². The molecule has 204 valence electrons. The van der Waals surface area contributed by atoms with Crippen molar-refractivity contribution in [2.45, 2.75) is 90.6 Å². The van der Waals surface area contributed by atoms with Crippen molar-refractivity contribution >= 4 is 12.1 Å². The number of hydrogen-bond donors (Lipinski definition) is 1. The lowest BCUT2D eigenvalue weighted by atomic mass is 9.68. The lowest BCUT2D eigenvalue weighted by Gasteiger charge is -2.54. The van der Waals surface area contributed by atoms with Crippen LogP contribution in [0, 0.1) is 11.8 Å². The first-order valence-electron chi connectivity index (χ1n) is 13.3. The molecule has 5 atom stereocenters. The van der Waals surface area contributed by atoms with E-state index in [1.807, 2.05) is 37.8 Å². The summed E-state index contributed by atoms with van der Waals surface area (Å²) in [6.45, 7) is 12.8. The van der Waals surface area contributed by atoms with Gasteiger partial charge in [0.1, 0.15) is 22.7 Å². The third kappa shape index (κ3) is 6.40. The smallest absolute Gasteiger partial charge is 0.410 e. The predicted octanol–water partition coefficient (Wildman–Crippen LogP) is 5.75. The van der Waals surface area contributed by atoms with E-state index in [9.17, 15) is 9.59 Å². The van der Waals surface area contributed by atoms with Crippen LogP contribution in [0.4, 0.5) is 4.79 Å². The van der Waals surface area contributed by atoms with Gasteiger partial charge in [-0.3, -0.25) is 0 Å². The highest BCUT2D eigenvalue weighted by Crippen LogP contribution is 2.55. The lowest BCUT2D eigenvalue weighted by Crippen LogP contribution is -2.57. The molecule has 1 amide bonds. The first-order chi connectivity index (χ1) is 17.3. The van der Waals surface area contributed by atoms with E-state index in [-0.39, 0.29) is 30.1 Å². The zero-order valence-corrected chi connectivity index (χ0v) is 22.9. The van der Waals surface area contributed by atoms with Crippen LogP contribution in [0.15, 0.2) is 29.8 Å². The molecule has 0 aromatic heterocycles. The minimum atomic E-state index is -1.02. The number of allylic oxidation sites excluding steroid dienone is 2. The molecular formula is C29H41NO7. The number of aliphatic carboxylic acids is 1. The Bertz CT molecular complexity index is 1040. The first-order valence-corrected chi connectivity index (χ1v) is 13.3. The maximum Gasteiger partial charge on any atom is 0.410 e.